The molecule has 5 aliphatic rings. The van der Waals surface area contributed by atoms with Crippen LogP contribution in [0.1, 0.15) is 44.6 Å². The lowest BCUT2D eigenvalue weighted by molar-refractivity contribution is -0.161. The molecule has 1 saturated heterocycles. The largest absolute Gasteiger partial charge is 0.388 e. The molecule has 2 fully saturated rings. The Kier molecular flexibility index (Phi) is 4.47. The van der Waals surface area contributed by atoms with Crippen molar-refractivity contribution in [3.8, 4) is 0 Å². The fraction of sp³-hybridized carbons (Fsp3) is 0.500. The van der Waals surface area contributed by atoms with E-state index in [0.717, 1.165) is 37.7 Å². The summed E-state index contributed by atoms with van der Waals surface area (Å²) < 4.78 is 7.24. The van der Waals surface area contributed by atoms with Gasteiger partial charge in [-0.25, -0.2) is 0 Å². The number of hydrogen-bond donors (Lipinski definition) is 2. The Morgan fingerprint density at radius 3 is 2.77 bits per heavy atom. The van der Waals surface area contributed by atoms with Crippen LogP contribution < -0.4 is 0 Å². The van der Waals surface area contributed by atoms with E-state index < -0.39 is 17.8 Å². The number of aromatic nitrogens is 1. The highest BCUT2D eigenvalue weighted by molar-refractivity contribution is 5.87. The minimum Gasteiger partial charge on any atom is -0.388 e. The highest BCUT2D eigenvalue weighted by Gasteiger charge is 2.67. The third kappa shape index (κ3) is 2.76. The van der Waals surface area contributed by atoms with Gasteiger partial charge in [-0.2, -0.15) is 0 Å². The van der Waals surface area contributed by atoms with E-state index in [2.05, 4.69) is 54.4 Å². The Bertz CT molecular complexity index is 1330. The van der Waals surface area contributed by atoms with E-state index in [0.29, 0.717) is 5.92 Å². The van der Waals surface area contributed by atoms with Gasteiger partial charge in [0.25, 0.3) is 0 Å². The van der Waals surface area contributed by atoms with Crippen LogP contribution in [0.15, 0.2) is 66.0 Å². The lowest BCUT2D eigenvalue weighted by atomic mass is 9.58. The van der Waals surface area contributed by atoms with E-state index >= 15 is 0 Å². The Labute approximate surface area is 206 Å². The second-order valence-corrected chi connectivity index (χ2v) is 11.9. The maximum Gasteiger partial charge on any atom is 0.105 e. The second-order valence-electron chi connectivity index (χ2n) is 11.9. The maximum absolute atomic E-state index is 11.1. The minimum absolute atomic E-state index is 0.00513. The van der Waals surface area contributed by atoms with Gasteiger partial charge < -0.3 is 19.8 Å². The minimum atomic E-state index is -0.884. The van der Waals surface area contributed by atoms with Crippen LogP contribution in [0.5, 0.6) is 0 Å². The first-order chi connectivity index (χ1) is 16.8. The molecule has 2 N–H and O–H groups in total. The van der Waals surface area contributed by atoms with E-state index in [-0.39, 0.29) is 17.1 Å². The van der Waals surface area contributed by atoms with Crippen molar-refractivity contribution < 1.29 is 14.9 Å². The van der Waals surface area contributed by atoms with E-state index in [4.69, 9.17) is 4.74 Å². The molecule has 2 aliphatic heterocycles. The topological polar surface area (TPSA) is 65.8 Å². The van der Waals surface area contributed by atoms with Gasteiger partial charge in [-0.1, -0.05) is 37.3 Å². The van der Waals surface area contributed by atoms with Crippen molar-refractivity contribution in [1.29, 1.82) is 0 Å². The number of benzene rings is 1. The summed E-state index contributed by atoms with van der Waals surface area (Å²) in [6.07, 6.45) is 13.7. The summed E-state index contributed by atoms with van der Waals surface area (Å²) >= 11 is 0. The molecule has 0 amide bonds. The third-order valence-electron chi connectivity index (χ3n) is 10.0. The van der Waals surface area contributed by atoms with Crippen LogP contribution >= 0.6 is 0 Å². The van der Waals surface area contributed by atoms with Gasteiger partial charge in [0.1, 0.15) is 6.10 Å². The van der Waals surface area contributed by atoms with Gasteiger partial charge in [0, 0.05) is 35.2 Å². The summed E-state index contributed by atoms with van der Waals surface area (Å²) in [5, 5.41) is 24.4. The van der Waals surface area contributed by atoms with Gasteiger partial charge in [0.2, 0.25) is 0 Å². The summed E-state index contributed by atoms with van der Waals surface area (Å²) in [5.74, 6) is 0.358. The predicted molar refractivity (Wildman–Crippen MR) is 137 cm³/mol. The van der Waals surface area contributed by atoms with Gasteiger partial charge in [-0.3, -0.25) is 4.98 Å². The fourth-order valence-corrected chi connectivity index (χ4v) is 8.20. The number of nitrogens with zero attached hydrogens (tertiary/aromatic N) is 2. The van der Waals surface area contributed by atoms with E-state index in [1.165, 1.54) is 27.5 Å². The molecule has 2 aromatic rings. The molecular formula is C30H34N2O3. The van der Waals surface area contributed by atoms with Crippen LogP contribution in [0.3, 0.4) is 0 Å². The van der Waals surface area contributed by atoms with Gasteiger partial charge in [-0.05, 0) is 86.0 Å². The van der Waals surface area contributed by atoms with Crippen LogP contribution in [-0.4, -0.2) is 63.6 Å². The highest BCUT2D eigenvalue weighted by Crippen LogP contribution is 2.67. The van der Waals surface area contributed by atoms with Crippen molar-refractivity contribution in [2.75, 3.05) is 14.1 Å². The molecule has 2 bridgehead atoms. The zero-order chi connectivity index (χ0) is 24.2. The number of likely N-dealkylation sites (N-methyl/N-ethyl adjacent to an activating group) is 1. The number of pyridine rings is 1. The quantitative estimate of drug-likeness (QED) is 0.687. The Morgan fingerprint density at radius 2 is 1.94 bits per heavy atom. The van der Waals surface area contributed by atoms with E-state index in [1.54, 1.807) is 0 Å². The Hall–Kier alpha value is -2.31. The van der Waals surface area contributed by atoms with E-state index in [9.17, 15) is 10.2 Å². The van der Waals surface area contributed by atoms with Crippen molar-refractivity contribution in [1.82, 2.24) is 9.88 Å². The van der Waals surface area contributed by atoms with Crippen molar-refractivity contribution >= 4 is 16.3 Å². The van der Waals surface area contributed by atoms with E-state index in [1.807, 2.05) is 31.4 Å². The zero-order valence-electron chi connectivity index (χ0n) is 20.7. The molecule has 2 spiro atoms. The fourth-order valence-electron chi connectivity index (χ4n) is 8.20. The molecule has 3 heterocycles. The Morgan fingerprint density at radius 1 is 1.09 bits per heavy atom. The molecule has 1 unspecified atom stereocenters. The van der Waals surface area contributed by atoms with Crippen molar-refractivity contribution in [3.05, 3.63) is 71.6 Å². The summed E-state index contributed by atoms with van der Waals surface area (Å²) in [5.41, 5.74) is 4.02. The van der Waals surface area contributed by atoms with Crippen molar-refractivity contribution in [2.24, 2.45) is 11.3 Å². The average Bonchev–Trinajstić information content (AvgIpc) is 3.37. The SMILES string of the molecule is CN(C)[C@H]1C[C@@]23CC[C@@]4(O2)C(=CC[C@]2(C)C(c5ccc6cnccc6c5)=CCC24)C=C3[C@@H](O)[C@@H]1O. The first kappa shape index (κ1) is 21.9. The molecule has 1 aromatic carbocycles. The monoisotopic (exact) mass is 470 g/mol. The number of allylic oxidation sites excluding steroid dienone is 3. The summed E-state index contributed by atoms with van der Waals surface area (Å²) in [6, 6.07) is 8.71. The number of aliphatic hydroxyl groups is 2. The maximum atomic E-state index is 11.1. The van der Waals surface area contributed by atoms with Gasteiger partial charge in [0.05, 0.1) is 17.3 Å². The van der Waals surface area contributed by atoms with Gasteiger partial charge in [-0.15, -0.1) is 0 Å². The van der Waals surface area contributed by atoms with Crippen LogP contribution in [0, 0.1) is 11.3 Å². The van der Waals surface area contributed by atoms with Crippen LogP contribution in [0.4, 0.5) is 0 Å². The number of fused-ring (bicyclic) bond motifs is 2. The van der Waals surface area contributed by atoms with Gasteiger partial charge >= 0.3 is 0 Å². The molecule has 182 valence electrons. The number of ether oxygens (including phenoxy) is 1. The van der Waals surface area contributed by atoms with Crippen molar-refractivity contribution in [3.63, 3.8) is 0 Å². The second kappa shape index (κ2) is 7.13. The number of hydrogen-bond acceptors (Lipinski definition) is 5. The van der Waals surface area contributed by atoms with Crippen molar-refractivity contribution in [2.45, 2.75) is 68.5 Å². The molecule has 7 rings (SSSR count). The molecule has 0 radical (unpaired) electrons. The average molecular weight is 471 g/mol. The molecule has 3 aliphatic carbocycles. The molecule has 5 nitrogen and oxygen atoms in total. The summed E-state index contributed by atoms with van der Waals surface area (Å²) in [6.45, 7) is 2.42. The smallest absolute Gasteiger partial charge is 0.105 e. The molecule has 35 heavy (non-hydrogen) atoms. The third-order valence-corrected chi connectivity index (χ3v) is 10.0. The standard InChI is InChI=1S/C30H34N2O3/c1-28-10-8-21-15-23-26(33)27(34)24(32(2)3)16-29(23)11-12-30(21,35-29)25(28)7-6-22(28)19-4-5-20-17-31-13-9-18(20)14-19/h4-6,8-9,13-15,17,24-27,33-34H,7,10-12,16H2,1-3H3/t24-,25?,26+,27+,28+,29+,30+/m0/s1. The molecule has 1 aromatic heterocycles. The lowest BCUT2D eigenvalue weighted by Crippen LogP contribution is -2.61. The molecular weight excluding hydrogens is 436 g/mol. The highest BCUT2D eigenvalue weighted by atomic mass is 16.5. The molecule has 5 heteroatoms. The Balaban J connectivity index is 1.30. The molecule has 7 atom stereocenters. The summed E-state index contributed by atoms with van der Waals surface area (Å²) in [7, 11) is 3.96. The predicted octanol–water partition coefficient (Wildman–Crippen LogP) is 4.26. The van der Waals surface area contributed by atoms with Crippen LogP contribution in [-0.2, 0) is 4.74 Å². The zero-order valence-corrected chi connectivity index (χ0v) is 20.7. The summed E-state index contributed by atoms with van der Waals surface area (Å²) in [4.78, 5) is 6.30. The normalized spacial score (nSPS) is 41.7. The lowest BCUT2D eigenvalue weighted by Gasteiger charge is -2.55. The van der Waals surface area contributed by atoms with Crippen LogP contribution in [0.25, 0.3) is 16.3 Å². The number of rotatable bonds is 2. The first-order valence-electron chi connectivity index (χ1n) is 13.0. The van der Waals surface area contributed by atoms with Crippen LogP contribution in [0.2, 0.25) is 0 Å². The first-order valence-corrected chi connectivity index (χ1v) is 13.0. The van der Waals surface area contributed by atoms with Gasteiger partial charge in [0.15, 0.2) is 0 Å². The number of aliphatic hydroxyl groups excluding tert-OH is 2. The molecule has 1 saturated carbocycles.